The molecule has 21 heavy (non-hydrogen) atoms. The first-order chi connectivity index (χ1) is 9.88. The normalized spacial score (nSPS) is 24.5. The lowest BCUT2D eigenvalue weighted by Crippen LogP contribution is -2.47. The average molecular weight is 287 g/mol. The van der Waals surface area contributed by atoms with Crippen LogP contribution in [0.25, 0.3) is 0 Å². The first kappa shape index (κ1) is 14.1. The van der Waals surface area contributed by atoms with Crippen LogP contribution in [0.3, 0.4) is 0 Å². The molecule has 1 aromatic rings. The van der Waals surface area contributed by atoms with Gasteiger partial charge in [-0.25, -0.2) is 9.69 Å². The number of ether oxygens (including phenoxy) is 1. The summed E-state index contributed by atoms with van der Waals surface area (Å²) in [4.78, 5) is 26.4. The highest BCUT2D eigenvalue weighted by Crippen LogP contribution is 2.48. The lowest BCUT2D eigenvalue weighted by Gasteiger charge is -2.35. The number of hydrogen-bond acceptors (Lipinski definition) is 3. The molecule has 1 aromatic carbocycles. The van der Waals surface area contributed by atoms with E-state index in [1.165, 1.54) is 4.90 Å². The van der Waals surface area contributed by atoms with E-state index in [-0.39, 0.29) is 17.7 Å². The van der Waals surface area contributed by atoms with Gasteiger partial charge in [0, 0.05) is 5.92 Å². The number of nitrogens with zero attached hydrogens (tertiary/aromatic N) is 1. The van der Waals surface area contributed by atoms with Crippen LogP contribution in [0, 0.1) is 5.92 Å². The van der Waals surface area contributed by atoms with Gasteiger partial charge in [0.05, 0.1) is 5.69 Å². The lowest BCUT2D eigenvalue weighted by molar-refractivity contribution is -0.122. The van der Waals surface area contributed by atoms with E-state index in [1.54, 1.807) is 0 Å². The van der Waals surface area contributed by atoms with Gasteiger partial charge in [0.1, 0.15) is 5.60 Å². The van der Waals surface area contributed by atoms with Gasteiger partial charge in [-0.2, -0.15) is 0 Å². The fourth-order valence-electron chi connectivity index (χ4n) is 3.41. The summed E-state index contributed by atoms with van der Waals surface area (Å²) in [5, 5.41) is 0. The molecule has 112 valence electrons. The maximum Gasteiger partial charge on any atom is 0.421 e. The van der Waals surface area contributed by atoms with Gasteiger partial charge in [0.25, 0.3) is 0 Å². The van der Waals surface area contributed by atoms with Crippen molar-refractivity contribution in [2.75, 3.05) is 4.90 Å². The number of carbonyl (C=O) groups is 2. The Labute approximate surface area is 125 Å². The third-order valence-corrected chi connectivity index (χ3v) is 4.21. The van der Waals surface area contributed by atoms with Gasteiger partial charge >= 0.3 is 6.09 Å². The number of hydrogen-bond donors (Lipinski definition) is 0. The van der Waals surface area contributed by atoms with Crippen LogP contribution in [0.2, 0.25) is 0 Å². The summed E-state index contributed by atoms with van der Waals surface area (Å²) < 4.78 is 5.42. The van der Waals surface area contributed by atoms with Crippen LogP contribution < -0.4 is 4.90 Å². The molecule has 2 unspecified atom stereocenters. The first-order valence-electron chi connectivity index (χ1n) is 7.54. The molecule has 4 heteroatoms. The highest BCUT2D eigenvalue weighted by Gasteiger charge is 2.45. The minimum atomic E-state index is -0.612. The molecule has 2 amide bonds. The number of para-hydroxylation sites is 1. The smallest absolute Gasteiger partial charge is 0.421 e. The Morgan fingerprint density at radius 2 is 1.86 bits per heavy atom. The van der Waals surface area contributed by atoms with Gasteiger partial charge < -0.3 is 4.74 Å². The zero-order chi connectivity index (χ0) is 15.2. The third kappa shape index (κ3) is 2.43. The minimum absolute atomic E-state index is 0.0765. The van der Waals surface area contributed by atoms with Crippen molar-refractivity contribution in [2.45, 2.75) is 51.6 Å². The summed E-state index contributed by atoms with van der Waals surface area (Å²) in [6.07, 6.45) is 2.36. The van der Waals surface area contributed by atoms with Crippen molar-refractivity contribution in [3.63, 3.8) is 0 Å². The Morgan fingerprint density at radius 3 is 2.57 bits per heavy atom. The van der Waals surface area contributed by atoms with Gasteiger partial charge in [-0.1, -0.05) is 24.6 Å². The first-order valence-corrected chi connectivity index (χ1v) is 7.54. The van der Waals surface area contributed by atoms with Crippen LogP contribution in [0.15, 0.2) is 24.3 Å². The molecule has 0 N–H and O–H groups in total. The topological polar surface area (TPSA) is 46.6 Å². The predicted octanol–water partition coefficient (Wildman–Crippen LogP) is 3.85. The van der Waals surface area contributed by atoms with Gasteiger partial charge in [-0.05, 0) is 51.2 Å². The molecule has 0 saturated heterocycles. The average Bonchev–Trinajstić information content (AvgIpc) is 2.86. The van der Waals surface area contributed by atoms with E-state index in [2.05, 4.69) is 0 Å². The molecule has 4 nitrogen and oxygen atoms in total. The molecule has 0 aromatic heterocycles. The molecule has 1 saturated carbocycles. The second kappa shape index (κ2) is 4.86. The van der Waals surface area contributed by atoms with Crippen molar-refractivity contribution in [2.24, 2.45) is 5.92 Å². The zero-order valence-corrected chi connectivity index (χ0v) is 12.8. The highest BCUT2D eigenvalue weighted by molar-refractivity contribution is 6.15. The Morgan fingerprint density at radius 1 is 1.19 bits per heavy atom. The Kier molecular flexibility index (Phi) is 3.27. The van der Waals surface area contributed by atoms with E-state index in [1.807, 2.05) is 45.0 Å². The second-order valence-corrected chi connectivity index (χ2v) is 6.86. The van der Waals surface area contributed by atoms with Gasteiger partial charge in [-0.3, -0.25) is 4.79 Å². The summed E-state index contributed by atoms with van der Waals surface area (Å²) in [6.45, 7) is 5.43. The standard InChI is InChI=1S/C17H21NO3/c1-17(2,3)21-16(20)18-14-10-5-4-7-12(14)11-8-6-9-13(11)15(18)19/h4-5,7,10-11,13H,6,8-9H2,1-3H3. The molecule has 3 rings (SSSR count). The molecule has 0 spiro atoms. The number of carbonyl (C=O) groups excluding carboxylic acids is 2. The molecular weight excluding hydrogens is 266 g/mol. The van der Waals surface area contributed by atoms with Crippen molar-refractivity contribution in [1.29, 1.82) is 0 Å². The molecule has 2 atom stereocenters. The summed E-state index contributed by atoms with van der Waals surface area (Å²) in [5.41, 5.74) is 1.18. The van der Waals surface area contributed by atoms with Gasteiger partial charge in [0.15, 0.2) is 0 Å². The van der Waals surface area contributed by atoms with Gasteiger partial charge in [-0.15, -0.1) is 0 Å². The highest BCUT2D eigenvalue weighted by atomic mass is 16.6. The van der Waals surface area contributed by atoms with Crippen molar-refractivity contribution < 1.29 is 14.3 Å². The summed E-state index contributed by atoms with van der Waals surface area (Å²) in [6, 6.07) is 7.70. The van der Waals surface area contributed by atoms with Crippen molar-refractivity contribution in [3.05, 3.63) is 29.8 Å². The van der Waals surface area contributed by atoms with Crippen LogP contribution in [0.4, 0.5) is 10.5 Å². The molecule has 1 fully saturated rings. The Bertz CT molecular complexity index is 588. The lowest BCUT2D eigenvalue weighted by atomic mass is 9.83. The third-order valence-electron chi connectivity index (χ3n) is 4.21. The van der Waals surface area contributed by atoms with E-state index in [9.17, 15) is 9.59 Å². The molecular formula is C17H21NO3. The maximum atomic E-state index is 12.7. The van der Waals surface area contributed by atoms with E-state index in [0.717, 1.165) is 24.8 Å². The second-order valence-electron chi connectivity index (χ2n) is 6.86. The van der Waals surface area contributed by atoms with Crippen LogP contribution >= 0.6 is 0 Å². The molecule has 1 aliphatic heterocycles. The van der Waals surface area contributed by atoms with Crippen LogP contribution in [-0.2, 0) is 9.53 Å². The number of benzene rings is 1. The van der Waals surface area contributed by atoms with Crippen LogP contribution in [0.5, 0.6) is 0 Å². The molecule has 0 radical (unpaired) electrons. The Hall–Kier alpha value is -1.84. The van der Waals surface area contributed by atoms with Gasteiger partial charge in [0.2, 0.25) is 5.91 Å². The molecule has 1 heterocycles. The minimum Gasteiger partial charge on any atom is -0.443 e. The van der Waals surface area contributed by atoms with E-state index in [4.69, 9.17) is 4.74 Å². The summed E-state index contributed by atoms with van der Waals surface area (Å²) >= 11 is 0. The summed E-state index contributed by atoms with van der Waals surface area (Å²) in [5.74, 6) is 0.0743. The van der Waals surface area contributed by atoms with Crippen LogP contribution in [-0.4, -0.2) is 17.6 Å². The fourth-order valence-corrected chi connectivity index (χ4v) is 3.41. The fraction of sp³-hybridized carbons (Fsp3) is 0.529. The number of amides is 2. The largest absolute Gasteiger partial charge is 0.443 e. The number of anilines is 1. The monoisotopic (exact) mass is 287 g/mol. The number of imide groups is 1. The molecule has 2 aliphatic rings. The van der Waals surface area contributed by atoms with Crippen LogP contribution in [0.1, 0.15) is 51.5 Å². The summed E-state index contributed by atoms with van der Waals surface area (Å²) in [7, 11) is 0. The maximum absolute atomic E-state index is 12.7. The van der Waals surface area contributed by atoms with Crippen molar-refractivity contribution in [1.82, 2.24) is 0 Å². The van der Waals surface area contributed by atoms with E-state index in [0.29, 0.717) is 5.69 Å². The Balaban J connectivity index is 2.02. The zero-order valence-electron chi connectivity index (χ0n) is 12.8. The SMILES string of the molecule is CC(C)(C)OC(=O)N1C(=O)C2CCCC2c2ccccc21. The van der Waals surface area contributed by atoms with Crippen molar-refractivity contribution in [3.8, 4) is 0 Å². The van der Waals surface area contributed by atoms with Crippen molar-refractivity contribution >= 4 is 17.7 Å². The molecule has 1 aliphatic carbocycles. The predicted molar refractivity (Wildman–Crippen MR) is 80.2 cm³/mol. The molecule has 0 bridgehead atoms. The van der Waals surface area contributed by atoms with E-state index >= 15 is 0 Å². The van der Waals surface area contributed by atoms with E-state index < -0.39 is 11.7 Å². The number of fused-ring (bicyclic) bond motifs is 3. The number of rotatable bonds is 0. The quantitative estimate of drug-likeness (QED) is 0.728.